The van der Waals surface area contributed by atoms with E-state index < -0.39 is 162 Å². The number of allylic oxidation sites excluding steroid dienone is 2. The van der Waals surface area contributed by atoms with E-state index in [2.05, 4.69) is 16.0 Å². The first-order valence-electron chi connectivity index (χ1n) is 33.3. The Balaban J connectivity index is 3.72. The minimum absolute atomic E-state index is 0.00155. The lowest BCUT2D eigenvalue weighted by Gasteiger charge is -2.41. The van der Waals surface area contributed by atoms with Gasteiger partial charge in [0.25, 0.3) is 0 Å². The van der Waals surface area contributed by atoms with Gasteiger partial charge >= 0.3 is 5.97 Å². The Labute approximate surface area is 560 Å². The van der Waals surface area contributed by atoms with Gasteiger partial charge in [0.05, 0.1) is 12.7 Å². The Bertz CT molecular complexity index is 2690. The molecule has 0 fully saturated rings. The predicted molar refractivity (Wildman–Crippen MR) is 363 cm³/mol. The zero-order valence-electron chi connectivity index (χ0n) is 60.7. The van der Waals surface area contributed by atoms with Gasteiger partial charge in [0.15, 0.2) is 0 Å². The Kier molecular flexibility index (Phi) is 36.0. The number of hydrogen-bond acceptors (Lipinski definition) is 14. The summed E-state index contributed by atoms with van der Waals surface area (Å²) in [5, 5.41) is 40.2. The lowest BCUT2D eigenvalue weighted by atomic mass is 9.91. The first-order valence-corrected chi connectivity index (χ1v) is 33.3. The van der Waals surface area contributed by atoms with Crippen LogP contribution in [0.15, 0.2) is 42.5 Å². The molecule has 0 spiro atoms. The number of nitrogens with two attached hydrogens (primary N) is 1. The summed E-state index contributed by atoms with van der Waals surface area (Å²) in [6.45, 7) is 27.7. The Morgan fingerprint density at radius 1 is 0.489 bits per heavy atom. The van der Waals surface area contributed by atoms with E-state index in [9.17, 15) is 63.3 Å². The molecule has 8 N–H and O–H groups in total. The molecule has 534 valence electrons. The third-order valence-electron chi connectivity index (χ3n) is 17.5. The number of carbonyl (C=O) groups is 11. The zero-order chi connectivity index (χ0) is 72.7. The number of aliphatic hydroxyl groups excluding tert-OH is 2. The number of carbonyl (C=O) groups excluding carboxylic acids is 10. The van der Waals surface area contributed by atoms with Crippen LogP contribution in [0.5, 0.6) is 0 Å². The van der Waals surface area contributed by atoms with Crippen molar-refractivity contribution in [3.63, 3.8) is 0 Å². The van der Waals surface area contributed by atoms with Crippen molar-refractivity contribution in [1.29, 1.82) is 0 Å². The predicted octanol–water partition coefficient (Wildman–Crippen LogP) is 3.77. The number of aliphatic carboxylic acids is 1. The molecule has 25 heteroatoms. The monoisotopic (exact) mass is 1330 g/mol. The SMILES string of the molecule is C/C=C/C[C@@H](C)[C@@H](O)[C@@H](C(=O)N[C@@H](CC)C(=O)N(C)[C@H](C)C(=O)N(C)[C@@H](CC(C)C)C(=O)N[C@H](C(=O)N(C)[C@@H](CC(C)C)C(=O)N[C@@H](Cc1ccccc1)C(=O)O)C(C)C)N(C)C(=O)[C@H](C(C)C)N(C)C(=O)[C@H](CC(C)C)N(C)C(=O)[C@H](CC(C)C)N(C)C(=O)[C@H](N)CO. The third kappa shape index (κ3) is 24.3. The van der Waals surface area contributed by atoms with Crippen molar-refractivity contribution in [2.45, 2.75) is 228 Å². The summed E-state index contributed by atoms with van der Waals surface area (Å²) in [6, 6.07) is -4.98. The molecule has 0 heterocycles. The zero-order valence-corrected chi connectivity index (χ0v) is 60.7. The van der Waals surface area contributed by atoms with Gasteiger partial charge in [-0.1, -0.05) is 139 Å². The van der Waals surface area contributed by atoms with Crippen molar-refractivity contribution < 1.29 is 68.1 Å². The first kappa shape index (κ1) is 85.0. The molecule has 1 aromatic rings. The molecule has 1 rings (SSSR count). The van der Waals surface area contributed by atoms with Crippen LogP contribution in [-0.2, 0) is 59.2 Å². The number of nitrogens with zero attached hydrogens (tertiary/aromatic N) is 7. The van der Waals surface area contributed by atoms with Gasteiger partial charge in [0.2, 0.25) is 59.1 Å². The first-order chi connectivity index (χ1) is 43.6. The molecule has 1 aromatic carbocycles. The van der Waals surface area contributed by atoms with Crippen molar-refractivity contribution in [3.05, 3.63) is 48.0 Å². The number of nitrogens with one attached hydrogen (secondary N) is 3. The average Bonchev–Trinajstić information content (AvgIpc) is 0.814. The van der Waals surface area contributed by atoms with Crippen molar-refractivity contribution >= 4 is 65.0 Å². The van der Waals surface area contributed by atoms with Crippen LogP contribution in [0.2, 0.25) is 0 Å². The molecular formula is C69H119N11O14. The molecule has 25 nitrogen and oxygen atoms in total. The number of rotatable bonds is 39. The minimum Gasteiger partial charge on any atom is -0.480 e. The van der Waals surface area contributed by atoms with Gasteiger partial charge in [-0.05, 0) is 99.4 Å². The number of carboxylic acid groups (broad SMARTS) is 1. The summed E-state index contributed by atoms with van der Waals surface area (Å²) in [5.41, 5.74) is 6.58. The van der Waals surface area contributed by atoms with Gasteiger partial charge in [-0.2, -0.15) is 0 Å². The summed E-state index contributed by atoms with van der Waals surface area (Å²) in [5.74, 6) is -10.4. The number of benzene rings is 1. The molecule has 0 aliphatic carbocycles. The second-order valence-electron chi connectivity index (χ2n) is 27.9. The molecule has 0 aliphatic rings. The Morgan fingerprint density at radius 2 is 0.904 bits per heavy atom. The highest BCUT2D eigenvalue weighted by molar-refractivity contribution is 5.99. The molecule has 0 aliphatic heterocycles. The van der Waals surface area contributed by atoms with Gasteiger partial charge in [-0.3, -0.25) is 47.9 Å². The number of likely N-dealkylation sites (N-methyl/N-ethyl adjacent to an activating group) is 7. The Hall–Kier alpha value is -6.99. The highest BCUT2D eigenvalue weighted by Crippen LogP contribution is 2.26. The number of aliphatic hydroxyl groups is 2. The molecule has 0 saturated carbocycles. The van der Waals surface area contributed by atoms with Crippen molar-refractivity contribution in [2.24, 2.45) is 47.2 Å². The third-order valence-corrected chi connectivity index (χ3v) is 17.5. The molecule has 0 bridgehead atoms. The molecule has 13 atom stereocenters. The fourth-order valence-corrected chi connectivity index (χ4v) is 11.5. The van der Waals surface area contributed by atoms with Gasteiger partial charge in [-0.15, -0.1) is 0 Å². The molecule has 10 amide bonds. The fraction of sp³-hybridized carbons (Fsp3) is 0.725. The van der Waals surface area contributed by atoms with E-state index >= 15 is 4.79 Å². The van der Waals surface area contributed by atoms with Crippen LogP contribution >= 0.6 is 0 Å². The van der Waals surface area contributed by atoms with Crippen molar-refractivity contribution in [3.8, 4) is 0 Å². The lowest BCUT2D eigenvalue weighted by molar-refractivity contribution is -0.157. The topological polar surface area (TPSA) is 333 Å². The quantitative estimate of drug-likeness (QED) is 0.0462. The van der Waals surface area contributed by atoms with E-state index in [1.165, 1.54) is 80.8 Å². The van der Waals surface area contributed by atoms with Crippen molar-refractivity contribution in [1.82, 2.24) is 50.2 Å². The second kappa shape index (κ2) is 39.8. The number of carboxylic acids is 1. The largest absolute Gasteiger partial charge is 0.480 e. The smallest absolute Gasteiger partial charge is 0.326 e. The highest BCUT2D eigenvalue weighted by Gasteiger charge is 2.46. The van der Waals surface area contributed by atoms with E-state index in [1.807, 2.05) is 55.4 Å². The normalized spacial score (nSPS) is 16.0. The molecule has 0 aromatic heterocycles. The van der Waals surface area contributed by atoms with Gasteiger partial charge in [-0.25, -0.2) is 4.79 Å². The van der Waals surface area contributed by atoms with Crippen LogP contribution in [-0.4, -0.2) is 243 Å². The van der Waals surface area contributed by atoms with E-state index in [-0.39, 0.29) is 68.6 Å². The molecular weight excluding hydrogens is 1210 g/mol. The van der Waals surface area contributed by atoms with E-state index in [0.29, 0.717) is 5.56 Å². The fourth-order valence-electron chi connectivity index (χ4n) is 11.5. The number of amides is 10. The maximum Gasteiger partial charge on any atom is 0.326 e. The molecule has 0 saturated heterocycles. The van der Waals surface area contributed by atoms with Crippen LogP contribution in [0.4, 0.5) is 0 Å². The van der Waals surface area contributed by atoms with Gasteiger partial charge in [0.1, 0.15) is 66.5 Å². The van der Waals surface area contributed by atoms with Crippen LogP contribution in [0, 0.1) is 41.4 Å². The molecule has 94 heavy (non-hydrogen) atoms. The summed E-state index contributed by atoms with van der Waals surface area (Å²) < 4.78 is 0. The van der Waals surface area contributed by atoms with E-state index in [4.69, 9.17) is 5.73 Å². The van der Waals surface area contributed by atoms with Crippen LogP contribution in [0.3, 0.4) is 0 Å². The standard InChI is InChI=1S/C69H119N11O14/c1-24-26-30-45(15)58(82)57(80(23)68(92)56(44(13)14)79(22)66(90)54(36-42(9)10)78(21)65(89)53(35-41(7)8)77(20)63(87)48(70)38-81)61(85)71-49(25-2)64(88)74(17)46(16)62(86)75(18)52(34-40(5)6)60(84)73-55(43(11)12)67(91)76(19)51(33-39(3)4)59(83)72-50(69(93)94)37-47-31-28-27-29-32-47/h24,26-29,31-32,39-46,48-58,81-82H,25,30,33-38,70H2,1-23H3,(H,71,85)(H,72,83)(H,73,84)(H,93,94)/b26-24+/t45-,46-,48-,49+,50+,51+,52+,53+,54+,55+,56+,57+,58-/m1/s1. The van der Waals surface area contributed by atoms with Crippen LogP contribution in [0.1, 0.15) is 155 Å². The highest BCUT2D eigenvalue weighted by atomic mass is 16.4. The molecule has 0 radical (unpaired) electrons. The summed E-state index contributed by atoms with van der Waals surface area (Å²) in [4.78, 5) is 166. The van der Waals surface area contributed by atoms with Gasteiger partial charge in [0, 0.05) is 55.8 Å². The minimum atomic E-state index is -1.65. The Morgan fingerprint density at radius 3 is 1.33 bits per heavy atom. The van der Waals surface area contributed by atoms with Crippen LogP contribution < -0.4 is 21.7 Å². The lowest BCUT2D eigenvalue weighted by Crippen LogP contribution is -2.64. The summed E-state index contributed by atoms with van der Waals surface area (Å²) in [6.07, 6.45) is 2.95. The van der Waals surface area contributed by atoms with E-state index in [1.54, 1.807) is 91.0 Å². The average molecular weight is 1330 g/mol. The molecule has 0 unspecified atom stereocenters. The van der Waals surface area contributed by atoms with E-state index in [0.717, 1.165) is 9.80 Å². The van der Waals surface area contributed by atoms with Crippen molar-refractivity contribution in [2.75, 3.05) is 55.9 Å². The van der Waals surface area contributed by atoms with Crippen LogP contribution in [0.25, 0.3) is 0 Å². The maximum atomic E-state index is 15.2. The maximum absolute atomic E-state index is 15.2. The summed E-state index contributed by atoms with van der Waals surface area (Å²) >= 11 is 0. The summed E-state index contributed by atoms with van der Waals surface area (Å²) in [7, 11) is 9.84. The number of hydrogen-bond donors (Lipinski definition) is 7. The second-order valence-corrected chi connectivity index (χ2v) is 27.9. The van der Waals surface area contributed by atoms with Gasteiger partial charge < -0.3 is 71.3 Å².